The lowest BCUT2D eigenvalue weighted by Gasteiger charge is -2.22. The fourth-order valence-electron chi connectivity index (χ4n) is 3.48. The minimum absolute atomic E-state index is 0.0551. The highest BCUT2D eigenvalue weighted by Crippen LogP contribution is 2.30. The minimum Gasteiger partial charge on any atom is -0.496 e. The number of hydrogen-bond donors (Lipinski definition) is 1. The average Bonchev–Trinajstić information content (AvgIpc) is 3.41. The molecular formula is C20H29N3O3. The van der Waals surface area contributed by atoms with Crippen LogP contribution in [-0.2, 0) is 16.1 Å². The SMILES string of the molecule is COc1ccccc1CN(CC(=O)NCCCN1CCCC1=O)C1CC1. The molecule has 142 valence electrons. The van der Waals surface area contributed by atoms with Crippen molar-refractivity contribution in [1.29, 1.82) is 0 Å². The zero-order valence-electron chi connectivity index (χ0n) is 15.6. The van der Waals surface area contributed by atoms with Crippen molar-refractivity contribution in [3.05, 3.63) is 29.8 Å². The van der Waals surface area contributed by atoms with E-state index in [2.05, 4.69) is 16.3 Å². The summed E-state index contributed by atoms with van der Waals surface area (Å²) in [6, 6.07) is 8.47. The summed E-state index contributed by atoms with van der Waals surface area (Å²) >= 11 is 0. The van der Waals surface area contributed by atoms with Gasteiger partial charge in [0.05, 0.1) is 13.7 Å². The molecule has 2 amide bonds. The molecule has 1 saturated carbocycles. The van der Waals surface area contributed by atoms with E-state index in [1.807, 2.05) is 23.1 Å². The van der Waals surface area contributed by atoms with Gasteiger partial charge in [0.2, 0.25) is 11.8 Å². The van der Waals surface area contributed by atoms with Crippen molar-refractivity contribution < 1.29 is 14.3 Å². The van der Waals surface area contributed by atoms with E-state index in [1.165, 1.54) is 0 Å². The molecule has 6 heteroatoms. The molecule has 0 unspecified atom stereocenters. The predicted molar refractivity (Wildman–Crippen MR) is 99.9 cm³/mol. The Morgan fingerprint density at radius 3 is 2.85 bits per heavy atom. The number of nitrogens with zero attached hydrogens (tertiary/aromatic N) is 2. The zero-order valence-corrected chi connectivity index (χ0v) is 15.6. The number of hydrogen-bond acceptors (Lipinski definition) is 4. The molecule has 1 aliphatic carbocycles. The van der Waals surface area contributed by atoms with Crippen LogP contribution in [0.4, 0.5) is 0 Å². The van der Waals surface area contributed by atoms with Gasteiger partial charge in [-0.2, -0.15) is 0 Å². The van der Waals surface area contributed by atoms with E-state index in [-0.39, 0.29) is 11.8 Å². The maximum atomic E-state index is 12.3. The summed E-state index contributed by atoms with van der Waals surface area (Å²) in [7, 11) is 1.68. The molecule has 0 radical (unpaired) electrons. The standard InChI is InChI=1S/C20H29N3O3/c1-26-18-7-3-2-6-16(18)14-23(17-9-10-17)15-19(24)21-11-5-13-22-12-4-8-20(22)25/h2-3,6-7,17H,4-5,8-15H2,1H3,(H,21,24). The maximum Gasteiger partial charge on any atom is 0.234 e. The Labute approximate surface area is 155 Å². The van der Waals surface area contributed by atoms with Gasteiger partial charge in [-0.05, 0) is 31.7 Å². The van der Waals surface area contributed by atoms with Gasteiger partial charge in [-0.25, -0.2) is 0 Å². The fourth-order valence-corrected chi connectivity index (χ4v) is 3.48. The second kappa shape index (κ2) is 9.03. The van der Waals surface area contributed by atoms with Crippen LogP contribution in [0, 0.1) is 0 Å². The number of methoxy groups -OCH3 is 1. The summed E-state index contributed by atoms with van der Waals surface area (Å²) in [6.45, 7) is 3.36. The molecular weight excluding hydrogens is 330 g/mol. The van der Waals surface area contributed by atoms with Crippen molar-refractivity contribution >= 4 is 11.8 Å². The predicted octanol–water partition coefficient (Wildman–Crippen LogP) is 1.79. The quantitative estimate of drug-likeness (QED) is 0.647. The van der Waals surface area contributed by atoms with E-state index in [9.17, 15) is 9.59 Å². The van der Waals surface area contributed by atoms with Gasteiger partial charge in [0.1, 0.15) is 5.75 Å². The largest absolute Gasteiger partial charge is 0.496 e. The van der Waals surface area contributed by atoms with Crippen LogP contribution in [0.15, 0.2) is 24.3 Å². The number of amides is 2. The second-order valence-electron chi connectivity index (χ2n) is 7.14. The van der Waals surface area contributed by atoms with Crippen LogP contribution in [0.25, 0.3) is 0 Å². The third-order valence-electron chi connectivity index (χ3n) is 5.07. The van der Waals surface area contributed by atoms with E-state index in [4.69, 9.17) is 4.74 Å². The van der Waals surface area contributed by atoms with Crippen LogP contribution in [0.2, 0.25) is 0 Å². The highest BCUT2D eigenvalue weighted by molar-refractivity contribution is 5.78. The number of likely N-dealkylation sites (tertiary alicyclic amines) is 1. The van der Waals surface area contributed by atoms with Gasteiger partial charge in [-0.3, -0.25) is 14.5 Å². The molecule has 3 rings (SSSR count). The molecule has 0 bridgehead atoms. The van der Waals surface area contributed by atoms with Crippen LogP contribution in [-0.4, -0.2) is 60.9 Å². The van der Waals surface area contributed by atoms with Crippen LogP contribution in [0.1, 0.15) is 37.7 Å². The van der Waals surface area contributed by atoms with Crippen molar-refractivity contribution in [2.45, 2.75) is 44.7 Å². The van der Waals surface area contributed by atoms with E-state index in [0.29, 0.717) is 25.6 Å². The van der Waals surface area contributed by atoms with Crippen LogP contribution in [0.3, 0.4) is 0 Å². The molecule has 0 aromatic heterocycles. The molecule has 0 atom stereocenters. The zero-order chi connectivity index (χ0) is 18.4. The van der Waals surface area contributed by atoms with Crippen LogP contribution in [0.5, 0.6) is 5.75 Å². The van der Waals surface area contributed by atoms with Gasteiger partial charge >= 0.3 is 0 Å². The molecule has 1 N–H and O–H groups in total. The summed E-state index contributed by atoms with van der Waals surface area (Å²) in [6.07, 6.45) is 4.75. The van der Waals surface area contributed by atoms with Crippen molar-refractivity contribution in [1.82, 2.24) is 15.1 Å². The summed E-state index contributed by atoms with van der Waals surface area (Å²) < 4.78 is 5.43. The molecule has 1 aromatic carbocycles. The molecule has 0 spiro atoms. The Bertz CT molecular complexity index is 630. The molecule has 1 saturated heterocycles. The number of para-hydroxylation sites is 1. The summed E-state index contributed by atoms with van der Waals surface area (Å²) in [5.41, 5.74) is 1.11. The maximum absolute atomic E-state index is 12.3. The Balaban J connectivity index is 1.42. The molecule has 1 heterocycles. The Morgan fingerprint density at radius 2 is 2.15 bits per heavy atom. The number of benzene rings is 1. The van der Waals surface area contributed by atoms with Gasteiger partial charge in [0, 0.05) is 44.2 Å². The monoisotopic (exact) mass is 359 g/mol. The highest BCUT2D eigenvalue weighted by atomic mass is 16.5. The topological polar surface area (TPSA) is 61.9 Å². The van der Waals surface area contributed by atoms with Crippen molar-refractivity contribution in [2.24, 2.45) is 0 Å². The number of rotatable bonds is 10. The number of ether oxygens (including phenoxy) is 1. The van der Waals surface area contributed by atoms with E-state index in [0.717, 1.165) is 56.6 Å². The lowest BCUT2D eigenvalue weighted by atomic mass is 10.2. The van der Waals surface area contributed by atoms with Crippen LogP contribution < -0.4 is 10.1 Å². The smallest absolute Gasteiger partial charge is 0.234 e. The van der Waals surface area contributed by atoms with E-state index >= 15 is 0 Å². The minimum atomic E-state index is 0.0551. The third kappa shape index (κ3) is 5.21. The lowest BCUT2D eigenvalue weighted by Crippen LogP contribution is -2.39. The Kier molecular flexibility index (Phi) is 6.50. The first-order valence-electron chi connectivity index (χ1n) is 9.58. The van der Waals surface area contributed by atoms with Gasteiger partial charge < -0.3 is 15.0 Å². The first-order valence-corrected chi connectivity index (χ1v) is 9.58. The number of carbonyl (C=O) groups excluding carboxylic acids is 2. The summed E-state index contributed by atoms with van der Waals surface area (Å²) in [5, 5.41) is 3.00. The molecule has 1 aromatic rings. The molecule has 6 nitrogen and oxygen atoms in total. The third-order valence-corrected chi connectivity index (χ3v) is 5.07. The molecule has 2 fully saturated rings. The second-order valence-corrected chi connectivity index (χ2v) is 7.14. The summed E-state index contributed by atoms with van der Waals surface area (Å²) in [5.74, 6) is 1.17. The number of carbonyl (C=O) groups is 2. The lowest BCUT2D eigenvalue weighted by molar-refractivity contribution is -0.127. The van der Waals surface area contributed by atoms with Gasteiger partial charge in [0.25, 0.3) is 0 Å². The van der Waals surface area contributed by atoms with Gasteiger partial charge in [-0.15, -0.1) is 0 Å². The van der Waals surface area contributed by atoms with E-state index < -0.39 is 0 Å². The number of nitrogens with one attached hydrogen (secondary N) is 1. The Morgan fingerprint density at radius 1 is 1.35 bits per heavy atom. The fraction of sp³-hybridized carbons (Fsp3) is 0.600. The molecule has 1 aliphatic heterocycles. The highest BCUT2D eigenvalue weighted by Gasteiger charge is 2.30. The summed E-state index contributed by atoms with van der Waals surface area (Å²) in [4.78, 5) is 28.0. The van der Waals surface area contributed by atoms with Gasteiger partial charge in [-0.1, -0.05) is 18.2 Å². The molecule has 2 aliphatic rings. The average molecular weight is 359 g/mol. The Hall–Kier alpha value is -2.08. The van der Waals surface area contributed by atoms with Crippen molar-refractivity contribution in [2.75, 3.05) is 33.3 Å². The van der Waals surface area contributed by atoms with Gasteiger partial charge in [0.15, 0.2) is 0 Å². The van der Waals surface area contributed by atoms with Crippen molar-refractivity contribution in [3.63, 3.8) is 0 Å². The molecule has 26 heavy (non-hydrogen) atoms. The van der Waals surface area contributed by atoms with Crippen LogP contribution >= 0.6 is 0 Å². The normalized spacial score (nSPS) is 17.0. The van der Waals surface area contributed by atoms with E-state index in [1.54, 1.807) is 7.11 Å². The first-order chi connectivity index (χ1) is 12.7. The van der Waals surface area contributed by atoms with Crippen molar-refractivity contribution in [3.8, 4) is 5.75 Å². The first kappa shape index (κ1) is 18.7.